The van der Waals surface area contributed by atoms with Crippen LogP contribution in [0.3, 0.4) is 0 Å². The molecule has 2 saturated heterocycles. The highest BCUT2D eigenvalue weighted by Gasteiger charge is 2.34. The zero-order valence-corrected chi connectivity index (χ0v) is 50.6. The lowest BCUT2D eigenvalue weighted by Gasteiger charge is -2.29. The van der Waals surface area contributed by atoms with Crippen molar-refractivity contribution >= 4 is 83.0 Å². The quantitative estimate of drug-likeness (QED) is 0.0793. The van der Waals surface area contributed by atoms with Gasteiger partial charge in [-0.25, -0.2) is 8.78 Å². The highest BCUT2D eigenvalue weighted by Crippen LogP contribution is 2.33. The lowest BCUT2D eigenvalue weighted by molar-refractivity contribution is -0.139. The maximum Gasteiger partial charge on any atom is 0.323 e. The lowest BCUT2D eigenvalue weighted by atomic mass is 10.0. The third-order valence-electron chi connectivity index (χ3n) is 16.5. The lowest BCUT2D eigenvalue weighted by Crippen LogP contribution is -2.46. The molecular formula is C68H81ClF2N10O7S. The van der Waals surface area contributed by atoms with Gasteiger partial charge >= 0.3 is 5.97 Å². The summed E-state index contributed by atoms with van der Waals surface area (Å²) in [5, 5.41) is 13.5. The van der Waals surface area contributed by atoms with Crippen LogP contribution in [0.1, 0.15) is 132 Å². The summed E-state index contributed by atoms with van der Waals surface area (Å²) < 4.78 is 30.9. The second-order valence-electron chi connectivity index (χ2n) is 22.7. The molecule has 89 heavy (non-hydrogen) atoms. The first kappa shape index (κ1) is 69.9. The van der Waals surface area contributed by atoms with E-state index in [-0.39, 0.29) is 110 Å². The van der Waals surface area contributed by atoms with Crippen LogP contribution in [0.2, 0.25) is 0 Å². The van der Waals surface area contributed by atoms with Crippen molar-refractivity contribution in [3.05, 3.63) is 166 Å². The van der Waals surface area contributed by atoms with Crippen LogP contribution in [-0.2, 0) is 70.8 Å². The van der Waals surface area contributed by atoms with Crippen LogP contribution >= 0.6 is 25.9 Å². The first-order valence-electron chi connectivity index (χ1n) is 29.2. The van der Waals surface area contributed by atoms with E-state index in [4.69, 9.17) is 16.6 Å². The Balaban J connectivity index is 0.000000229. The van der Waals surface area contributed by atoms with E-state index in [9.17, 15) is 37.5 Å². The molecule has 2 unspecified atom stereocenters. The van der Waals surface area contributed by atoms with E-state index in [0.29, 0.717) is 70.9 Å². The van der Waals surface area contributed by atoms with Gasteiger partial charge in [0.15, 0.2) is 11.6 Å². The van der Waals surface area contributed by atoms with Crippen LogP contribution in [0.25, 0.3) is 44.1 Å². The molecule has 2 aromatic carbocycles. The number of hydrogen-bond acceptors (Lipinski definition) is 11. The summed E-state index contributed by atoms with van der Waals surface area (Å²) in [5.41, 5.74) is 25.0. The molecule has 3 amide bonds. The van der Waals surface area contributed by atoms with Crippen LogP contribution in [0, 0.1) is 13.8 Å². The van der Waals surface area contributed by atoms with Crippen molar-refractivity contribution in [2.24, 2.45) is 11.5 Å². The highest BCUT2D eigenvalue weighted by atomic mass is 35.5. The Labute approximate surface area is 531 Å². The Bertz CT molecular complexity index is 3870. The number of carboxylic acid groups (broad SMARTS) is 1. The molecule has 2 aliphatic carbocycles. The number of hydrogen-bond donors (Lipinski definition) is 4. The molecule has 2 aliphatic heterocycles. The Morgan fingerprint density at radius 2 is 1.10 bits per heavy atom. The molecule has 6 aromatic heterocycles. The van der Waals surface area contributed by atoms with E-state index in [1.807, 2.05) is 93.0 Å². The number of carbonyl (C=O) groups excluding carboxylic acids is 5. The fraction of sp³-hybridized carbons (Fsp3) is 0.382. The van der Waals surface area contributed by atoms with Crippen LogP contribution < -0.4 is 16.8 Å². The van der Waals surface area contributed by atoms with E-state index >= 15 is 0 Å². The largest absolute Gasteiger partial charge is 0.480 e. The second kappa shape index (κ2) is 31.3. The second-order valence-corrected chi connectivity index (χ2v) is 22.7. The summed E-state index contributed by atoms with van der Waals surface area (Å²) in [5.74, 6) is -2.48. The number of carboxylic acids is 1. The minimum Gasteiger partial charge on any atom is -0.480 e. The monoisotopic (exact) mass is 1250 g/mol. The molecule has 0 saturated carbocycles. The molecule has 0 radical (unpaired) electrons. The normalized spacial score (nSPS) is 17.4. The molecule has 2 fully saturated rings. The van der Waals surface area contributed by atoms with Gasteiger partial charge in [-0.15, -0.1) is 12.4 Å². The maximum absolute atomic E-state index is 14.5. The zero-order chi connectivity index (χ0) is 59.9. The number of aryl methyl sites for hydroxylation is 6. The number of aromatic nitrogens is 6. The van der Waals surface area contributed by atoms with E-state index in [1.54, 1.807) is 16.8 Å². The van der Waals surface area contributed by atoms with Gasteiger partial charge in [-0.3, -0.25) is 48.7 Å². The molecule has 8 aromatic rings. The highest BCUT2D eigenvalue weighted by molar-refractivity contribution is 7.59. The molecule has 21 heteroatoms. The smallest absolute Gasteiger partial charge is 0.323 e. The van der Waals surface area contributed by atoms with Gasteiger partial charge in [-0.05, 0) is 180 Å². The van der Waals surface area contributed by atoms with E-state index in [0.717, 1.165) is 89.2 Å². The molecule has 17 nitrogen and oxygen atoms in total. The first-order chi connectivity index (χ1) is 40.9. The number of nitrogens with two attached hydrogens (primary N) is 2. The average Bonchev–Trinajstić information content (AvgIpc) is 3.37. The maximum atomic E-state index is 14.5. The number of carbonyl (C=O) groups is 6. The van der Waals surface area contributed by atoms with Crippen molar-refractivity contribution in [3.63, 3.8) is 0 Å². The summed E-state index contributed by atoms with van der Waals surface area (Å²) in [6.07, 6.45) is 13.9. The number of amides is 3. The number of aliphatic carboxylic acids is 1. The van der Waals surface area contributed by atoms with Gasteiger partial charge in [0.05, 0.1) is 36.1 Å². The van der Waals surface area contributed by atoms with Crippen LogP contribution in [-0.4, -0.2) is 112 Å². The number of primary amides is 2. The van der Waals surface area contributed by atoms with Crippen molar-refractivity contribution in [1.29, 1.82) is 0 Å². The van der Waals surface area contributed by atoms with Gasteiger partial charge in [-0.2, -0.15) is 13.5 Å². The van der Waals surface area contributed by atoms with Crippen LogP contribution in [0.4, 0.5) is 8.78 Å². The van der Waals surface area contributed by atoms with Crippen molar-refractivity contribution in [3.8, 4) is 22.3 Å². The summed E-state index contributed by atoms with van der Waals surface area (Å²) in [4.78, 5) is 94.0. The number of ketones is 2. The Kier molecular flexibility index (Phi) is 24.6. The molecule has 0 spiro atoms. The van der Waals surface area contributed by atoms with Gasteiger partial charge in [0.1, 0.15) is 25.4 Å². The summed E-state index contributed by atoms with van der Waals surface area (Å²) in [6, 6.07) is 25.9. The van der Waals surface area contributed by atoms with Crippen LogP contribution in [0.5, 0.6) is 0 Å². The average molecular weight is 1260 g/mol. The van der Waals surface area contributed by atoms with E-state index in [2.05, 4.69) is 37.4 Å². The number of Topliss-reactive ketones (excluding diaryl/α,β-unsaturated/α-hetero) is 2. The minimum absolute atomic E-state index is 0. The number of fused-ring (bicyclic) bond motifs is 4. The number of nitrogens with one attached hydrogen (secondary N) is 1. The molecule has 12 rings (SSSR count). The topological polar surface area (TPSA) is 251 Å². The van der Waals surface area contributed by atoms with Gasteiger partial charge < -0.3 is 35.9 Å². The first-order valence-corrected chi connectivity index (χ1v) is 29.2. The number of likely N-dealkylation sites (tertiary alicyclic amines) is 1. The number of halogens is 3. The number of alkyl halides is 2. The predicted molar refractivity (Wildman–Crippen MR) is 350 cm³/mol. The van der Waals surface area contributed by atoms with Crippen molar-refractivity contribution < 1.29 is 42.7 Å². The van der Waals surface area contributed by atoms with Crippen LogP contribution in [0.15, 0.2) is 110 Å². The Morgan fingerprint density at radius 1 is 0.607 bits per heavy atom. The van der Waals surface area contributed by atoms with Gasteiger partial charge in [-0.1, -0.05) is 39.1 Å². The number of benzene rings is 2. The van der Waals surface area contributed by atoms with E-state index < -0.39 is 36.2 Å². The van der Waals surface area contributed by atoms with Crippen molar-refractivity contribution in [2.75, 3.05) is 13.1 Å². The predicted octanol–water partition coefficient (Wildman–Crippen LogP) is 10.7. The standard InChI is InChI=1S/C33H34FN5O3.C19H17N3O3.C14H19FN2O.2CH4.ClH.H2S/c1-20-4-2-6-25(37-20)16-31(40)30-11-9-24(34)12-13-39(30)32(41)19-38-18-27(33(35)42)26-15-21(8-10-29(26)38)23-14-22-5-3-7-28(22)36-17-23;20-19(25)15-9-22(10-18(23)24)17-5-4-11(7-14(15)17)13-6-12-2-1-3-16(12)21-8-13;1-10-3-2-4-12(17-10)9-14(18)13-6-5-11(15)7-8-16-13;;;;/h2,4,6,8,10,14-15,17-18,24,30H,3,5,7,9,11-13,16,19H2,1H3,(H2,35,42);4-9H,1-3,10H2,(H2,20,25)(H,23,24);2-4,11,13,16H,5-9H2,1H3;2*1H4;1H;1H2/t24?,30-;;11?,13-;;;;/m0.0..../s1. The summed E-state index contributed by atoms with van der Waals surface area (Å²) >= 11 is 0. The van der Waals surface area contributed by atoms with E-state index in [1.165, 1.54) is 26.8 Å². The number of pyridine rings is 4. The molecular weight excluding hydrogens is 1170 g/mol. The third kappa shape index (κ3) is 17.0. The minimum atomic E-state index is -1.07. The molecule has 4 atom stereocenters. The fourth-order valence-corrected chi connectivity index (χ4v) is 12.1. The molecule has 472 valence electrons. The number of rotatable bonds is 14. The SMILES string of the molecule is C.C.Cc1cccc(CC(=O)[C@@H]2CCC(F)CCN2)n1.Cc1cccc(CC(=O)[C@@H]2CCC(F)CCN2C(=O)Cn2cc(C(N)=O)c3cc(-c4cnc5c(c4)CCC5)ccc32)n1.Cl.NC(=O)c1cn(CC(=O)O)c2ccc(-c3cnc4c(c3)CCC4)cc12.S. The number of nitrogens with zero attached hydrogens (tertiary/aromatic N) is 7. The van der Waals surface area contributed by atoms with Gasteiger partial charge in [0.2, 0.25) is 5.91 Å². The third-order valence-corrected chi connectivity index (χ3v) is 16.5. The van der Waals surface area contributed by atoms with Crippen molar-refractivity contribution in [2.45, 2.75) is 156 Å². The van der Waals surface area contributed by atoms with Gasteiger partial charge in [0, 0.05) is 98.4 Å². The Morgan fingerprint density at radius 3 is 1.61 bits per heavy atom. The molecule has 8 heterocycles. The zero-order valence-electron chi connectivity index (χ0n) is 48.8. The summed E-state index contributed by atoms with van der Waals surface area (Å²) in [7, 11) is 0. The molecule has 4 aliphatic rings. The molecule has 6 N–H and O–H groups in total. The molecule has 0 bridgehead atoms. The van der Waals surface area contributed by atoms with Crippen molar-refractivity contribution in [1.82, 2.24) is 39.3 Å². The fourth-order valence-electron chi connectivity index (χ4n) is 12.1. The Hall–Kier alpha value is -8.20. The van der Waals surface area contributed by atoms with Gasteiger partial charge in [0.25, 0.3) is 11.8 Å². The summed E-state index contributed by atoms with van der Waals surface area (Å²) in [6.45, 7) is 4.17.